The number of nitrogens with zero attached hydrogens (tertiary/aromatic N) is 2. The van der Waals surface area contributed by atoms with Gasteiger partial charge < -0.3 is 16.0 Å². The fraction of sp³-hybridized carbons (Fsp3) is 0.227. The Bertz CT molecular complexity index is 1070. The SMILES string of the molecule is NC(=O)C1CCN(c2ccccc2NC(=O)c2cc(-c3cccc(Cl)c3)n[nH]2)CC1. The van der Waals surface area contributed by atoms with Gasteiger partial charge in [-0.25, -0.2) is 0 Å². The van der Waals surface area contributed by atoms with Gasteiger partial charge in [0.2, 0.25) is 5.91 Å². The molecule has 1 aliphatic heterocycles. The predicted octanol–water partition coefficient (Wildman–Crippen LogP) is 3.68. The van der Waals surface area contributed by atoms with E-state index in [-0.39, 0.29) is 17.7 Å². The number of nitrogens with one attached hydrogen (secondary N) is 2. The minimum Gasteiger partial charge on any atom is -0.370 e. The number of amides is 2. The second kappa shape index (κ2) is 8.59. The molecule has 3 aromatic rings. The summed E-state index contributed by atoms with van der Waals surface area (Å²) in [5.74, 6) is -0.612. The van der Waals surface area contributed by atoms with Gasteiger partial charge in [0.15, 0.2) is 0 Å². The summed E-state index contributed by atoms with van der Waals surface area (Å²) < 4.78 is 0. The molecular formula is C22H22ClN5O2. The average Bonchev–Trinajstić information content (AvgIpc) is 3.25. The fourth-order valence-electron chi connectivity index (χ4n) is 3.68. The summed E-state index contributed by atoms with van der Waals surface area (Å²) in [5.41, 5.74) is 8.89. The summed E-state index contributed by atoms with van der Waals surface area (Å²) in [6.45, 7) is 1.42. The summed E-state index contributed by atoms with van der Waals surface area (Å²) in [6, 6.07) is 16.6. The number of carbonyl (C=O) groups excluding carboxylic acids is 2. The minimum absolute atomic E-state index is 0.0853. The molecule has 0 radical (unpaired) electrons. The molecule has 2 aromatic carbocycles. The molecule has 0 atom stereocenters. The van der Waals surface area contributed by atoms with Gasteiger partial charge in [0, 0.05) is 29.6 Å². The van der Waals surface area contributed by atoms with Crippen LogP contribution in [-0.4, -0.2) is 35.1 Å². The molecule has 0 saturated carbocycles. The first-order valence-corrected chi connectivity index (χ1v) is 10.1. The predicted molar refractivity (Wildman–Crippen MR) is 118 cm³/mol. The van der Waals surface area contributed by atoms with E-state index < -0.39 is 0 Å². The largest absolute Gasteiger partial charge is 0.370 e. The highest BCUT2D eigenvalue weighted by Crippen LogP contribution is 2.30. The lowest BCUT2D eigenvalue weighted by atomic mass is 9.96. The van der Waals surface area contributed by atoms with Crippen molar-refractivity contribution in [2.45, 2.75) is 12.8 Å². The van der Waals surface area contributed by atoms with Crippen molar-refractivity contribution in [2.75, 3.05) is 23.3 Å². The number of benzene rings is 2. The first-order valence-electron chi connectivity index (χ1n) is 9.77. The van der Waals surface area contributed by atoms with Crippen LogP contribution >= 0.6 is 11.6 Å². The van der Waals surface area contributed by atoms with Crippen LogP contribution in [-0.2, 0) is 4.79 Å². The molecule has 4 rings (SSSR count). The van der Waals surface area contributed by atoms with Crippen molar-refractivity contribution in [2.24, 2.45) is 11.7 Å². The number of rotatable bonds is 5. The van der Waals surface area contributed by atoms with Gasteiger partial charge in [0.05, 0.1) is 17.1 Å². The first kappa shape index (κ1) is 20.0. The molecule has 2 heterocycles. The molecule has 0 unspecified atom stereocenters. The third-order valence-corrected chi connectivity index (χ3v) is 5.57. The lowest BCUT2D eigenvalue weighted by Crippen LogP contribution is -2.38. The molecule has 1 saturated heterocycles. The maximum Gasteiger partial charge on any atom is 0.273 e. The van der Waals surface area contributed by atoms with Crippen molar-refractivity contribution < 1.29 is 9.59 Å². The van der Waals surface area contributed by atoms with E-state index in [4.69, 9.17) is 17.3 Å². The molecule has 0 bridgehead atoms. The highest BCUT2D eigenvalue weighted by atomic mass is 35.5. The topological polar surface area (TPSA) is 104 Å². The second-order valence-corrected chi connectivity index (χ2v) is 7.75. The van der Waals surface area contributed by atoms with E-state index in [0.717, 1.165) is 11.3 Å². The standard InChI is InChI=1S/C22H22ClN5O2/c23-16-5-3-4-15(12-16)18-13-19(27-26-18)22(30)25-17-6-1-2-7-20(17)28-10-8-14(9-11-28)21(24)29/h1-7,12-14H,8-11H2,(H2,24,29)(H,25,30)(H,26,27). The summed E-state index contributed by atoms with van der Waals surface area (Å²) >= 11 is 6.04. The second-order valence-electron chi connectivity index (χ2n) is 7.31. The molecule has 4 N–H and O–H groups in total. The highest BCUT2D eigenvalue weighted by Gasteiger charge is 2.24. The number of halogens is 1. The molecule has 30 heavy (non-hydrogen) atoms. The molecule has 1 fully saturated rings. The van der Waals surface area contributed by atoms with Gasteiger partial charge in [-0.3, -0.25) is 14.7 Å². The van der Waals surface area contributed by atoms with Crippen LogP contribution < -0.4 is 16.0 Å². The Balaban J connectivity index is 1.49. The molecule has 154 valence electrons. The number of piperidine rings is 1. The fourth-order valence-corrected chi connectivity index (χ4v) is 3.87. The molecule has 2 amide bonds. The van der Waals surface area contributed by atoms with Crippen molar-refractivity contribution in [1.29, 1.82) is 0 Å². The first-order chi connectivity index (χ1) is 14.5. The Morgan fingerprint density at radius 1 is 1.10 bits per heavy atom. The zero-order valence-corrected chi connectivity index (χ0v) is 17.0. The van der Waals surface area contributed by atoms with Crippen LogP contribution in [0.4, 0.5) is 11.4 Å². The van der Waals surface area contributed by atoms with E-state index >= 15 is 0 Å². The number of hydrogen-bond donors (Lipinski definition) is 3. The lowest BCUT2D eigenvalue weighted by molar-refractivity contribution is -0.122. The van der Waals surface area contributed by atoms with Crippen molar-refractivity contribution in [1.82, 2.24) is 10.2 Å². The summed E-state index contributed by atoms with van der Waals surface area (Å²) in [7, 11) is 0. The Hall–Kier alpha value is -3.32. The van der Waals surface area contributed by atoms with Crippen molar-refractivity contribution >= 4 is 34.8 Å². The van der Waals surface area contributed by atoms with Gasteiger partial charge in [-0.2, -0.15) is 5.10 Å². The Morgan fingerprint density at radius 3 is 2.60 bits per heavy atom. The van der Waals surface area contributed by atoms with Crippen LogP contribution in [0.5, 0.6) is 0 Å². The number of hydrogen-bond acceptors (Lipinski definition) is 4. The minimum atomic E-state index is -0.282. The zero-order chi connectivity index (χ0) is 21.1. The van der Waals surface area contributed by atoms with Gasteiger partial charge in [-0.1, -0.05) is 35.9 Å². The van der Waals surface area contributed by atoms with Crippen molar-refractivity contribution in [3.8, 4) is 11.3 Å². The molecule has 8 heteroatoms. The van der Waals surface area contributed by atoms with Crippen molar-refractivity contribution in [3.05, 3.63) is 65.3 Å². The van der Waals surface area contributed by atoms with Crippen molar-refractivity contribution in [3.63, 3.8) is 0 Å². The Kier molecular flexibility index (Phi) is 5.72. The van der Waals surface area contributed by atoms with E-state index in [2.05, 4.69) is 20.4 Å². The number of carbonyl (C=O) groups is 2. The number of aromatic nitrogens is 2. The van der Waals surface area contributed by atoms with Crippen LogP contribution in [0.15, 0.2) is 54.6 Å². The van der Waals surface area contributed by atoms with E-state index in [1.807, 2.05) is 36.4 Å². The summed E-state index contributed by atoms with van der Waals surface area (Å²) in [4.78, 5) is 26.4. The third kappa shape index (κ3) is 4.31. The number of aromatic amines is 1. The average molecular weight is 424 g/mol. The zero-order valence-electron chi connectivity index (χ0n) is 16.3. The Morgan fingerprint density at radius 2 is 1.87 bits per heavy atom. The Labute approximate surface area is 179 Å². The van der Waals surface area contributed by atoms with E-state index in [9.17, 15) is 9.59 Å². The highest BCUT2D eigenvalue weighted by molar-refractivity contribution is 6.30. The van der Waals surface area contributed by atoms with Crippen LogP contribution in [0, 0.1) is 5.92 Å². The molecule has 1 aromatic heterocycles. The van der Waals surface area contributed by atoms with Crippen LogP contribution in [0.1, 0.15) is 23.3 Å². The number of primary amides is 1. The monoisotopic (exact) mass is 423 g/mol. The number of para-hydroxylation sites is 2. The maximum atomic E-state index is 12.8. The van der Waals surface area contributed by atoms with Gasteiger partial charge in [-0.15, -0.1) is 0 Å². The lowest BCUT2D eigenvalue weighted by Gasteiger charge is -2.33. The maximum absolute atomic E-state index is 12.8. The third-order valence-electron chi connectivity index (χ3n) is 5.33. The van der Waals surface area contributed by atoms with Gasteiger partial charge in [-0.05, 0) is 43.2 Å². The normalized spacial score (nSPS) is 14.5. The summed E-state index contributed by atoms with van der Waals surface area (Å²) in [6.07, 6.45) is 1.42. The van der Waals surface area contributed by atoms with Gasteiger partial charge in [0.25, 0.3) is 5.91 Å². The van der Waals surface area contributed by atoms with Crippen LogP contribution in [0.25, 0.3) is 11.3 Å². The molecule has 1 aliphatic rings. The van der Waals surface area contributed by atoms with E-state index in [0.29, 0.717) is 48.0 Å². The molecule has 7 nitrogen and oxygen atoms in total. The number of anilines is 2. The molecule has 0 aliphatic carbocycles. The van der Waals surface area contributed by atoms with Gasteiger partial charge >= 0.3 is 0 Å². The molecular weight excluding hydrogens is 402 g/mol. The van der Waals surface area contributed by atoms with Crippen LogP contribution in [0.2, 0.25) is 5.02 Å². The number of H-pyrrole nitrogens is 1. The molecule has 0 spiro atoms. The van der Waals surface area contributed by atoms with Crippen LogP contribution in [0.3, 0.4) is 0 Å². The summed E-state index contributed by atoms with van der Waals surface area (Å²) in [5, 5.41) is 10.6. The van der Waals surface area contributed by atoms with E-state index in [1.165, 1.54) is 0 Å². The van der Waals surface area contributed by atoms with Gasteiger partial charge in [0.1, 0.15) is 5.69 Å². The quantitative estimate of drug-likeness (QED) is 0.582. The van der Waals surface area contributed by atoms with E-state index in [1.54, 1.807) is 18.2 Å². The smallest absolute Gasteiger partial charge is 0.273 e. The number of nitrogens with two attached hydrogens (primary N) is 1.